The van der Waals surface area contributed by atoms with Crippen molar-refractivity contribution in [1.29, 1.82) is 0 Å². The van der Waals surface area contributed by atoms with Gasteiger partial charge in [0.1, 0.15) is 0 Å². The second kappa shape index (κ2) is 7.82. The second-order valence-corrected chi connectivity index (χ2v) is 5.74. The van der Waals surface area contributed by atoms with Gasteiger partial charge in [-0.25, -0.2) is 0 Å². The fraction of sp³-hybridized carbons (Fsp3) is 0.600. The summed E-state index contributed by atoms with van der Waals surface area (Å²) in [4.78, 5) is 3.80. The van der Waals surface area contributed by atoms with Crippen molar-refractivity contribution < 1.29 is 0 Å². The molecule has 1 unspecified atom stereocenters. The minimum absolute atomic E-state index is 0.334. The number of hydrogen-bond acceptors (Lipinski definition) is 3. The molecule has 18 heavy (non-hydrogen) atoms. The maximum Gasteiger partial charge on any atom is 0.0473 e. The third-order valence-electron chi connectivity index (χ3n) is 3.27. The van der Waals surface area contributed by atoms with Crippen LogP contribution < -0.4 is 5.73 Å². The van der Waals surface area contributed by atoms with Crippen molar-refractivity contribution in [3.63, 3.8) is 0 Å². The summed E-state index contributed by atoms with van der Waals surface area (Å²) in [5.74, 6) is 0. The molecule has 2 nitrogen and oxygen atoms in total. The highest BCUT2D eigenvalue weighted by Crippen LogP contribution is 2.24. The fourth-order valence-electron chi connectivity index (χ4n) is 2.32. The molecule has 1 aromatic carbocycles. The Bertz CT molecular complexity index is 335. The van der Waals surface area contributed by atoms with E-state index < -0.39 is 0 Å². The Morgan fingerprint density at radius 3 is 2.22 bits per heavy atom. The lowest BCUT2D eigenvalue weighted by atomic mass is 10.0. The highest BCUT2D eigenvalue weighted by atomic mass is 32.2. The molecule has 0 saturated carbocycles. The van der Waals surface area contributed by atoms with Gasteiger partial charge in [-0.3, -0.25) is 4.90 Å². The van der Waals surface area contributed by atoms with Gasteiger partial charge in [0, 0.05) is 23.5 Å². The molecular weight excluding hydrogens is 240 g/mol. The first-order valence-electron chi connectivity index (χ1n) is 6.73. The lowest BCUT2D eigenvalue weighted by molar-refractivity contribution is 0.157. The molecule has 0 bridgehead atoms. The van der Waals surface area contributed by atoms with Crippen LogP contribution in [0, 0.1) is 0 Å². The van der Waals surface area contributed by atoms with E-state index in [4.69, 9.17) is 5.73 Å². The molecule has 3 heteroatoms. The van der Waals surface area contributed by atoms with Crippen molar-refractivity contribution in [3.05, 3.63) is 29.8 Å². The summed E-state index contributed by atoms with van der Waals surface area (Å²) >= 11 is 1.78. The van der Waals surface area contributed by atoms with Crippen LogP contribution >= 0.6 is 11.8 Å². The van der Waals surface area contributed by atoms with Crippen LogP contribution in [0.15, 0.2) is 29.2 Å². The Balaban J connectivity index is 2.91. The highest BCUT2D eigenvalue weighted by Gasteiger charge is 2.20. The summed E-state index contributed by atoms with van der Waals surface area (Å²) in [5, 5.41) is 0. The molecule has 0 aliphatic carbocycles. The average Bonchev–Trinajstić information content (AvgIpc) is 2.39. The van der Waals surface area contributed by atoms with Gasteiger partial charge in [-0.1, -0.05) is 19.1 Å². The van der Waals surface area contributed by atoms with Crippen molar-refractivity contribution in [2.75, 3.05) is 19.3 Å². The predicted molar refractivity (Wildman–Crippen MR) is 82.2 cm³/mol. The van der Waals surface area contributed by atoms with Crippen LogP contribution in [0.25, 0.3) is 0 Å². The maximum atomic E-state index is 6.00. The molecule has 0 aliphatic rings. The van der Waals surface area contributed by atoms with E-state index in [1.165, 1.54) is 10.5 Å². The molecule has 1 aromatic rings. The van der Waals surface area contributed by atoms with Gasteiger partial charge in [-0.2, -0.15) is 0 Å². The van der Waals surface area contributed by atoms with E-state index in [0.717, 1.165) is 13.0 Å². The average molecular weight is 266 g/mol. The Kier molecular flexibility index (Phi) is 6.76. The minimum Gasteiger partial charge on any atom is -0.329 e. The van der Waals surface area contributed by atoms with Crippen LogP contribution in [0.1, 0.15) is 38.8 Å². The molecular formula is C15H26N2S. The molecule has 2 N–H and O–H groups in total. The van der Waals surface area contributed by atoms with E-state index in [1.54, 1.807) is 11.8 Å². The smallest absolute Gasteiger partial charge is 0.0473 e. The molecule has 0 fully saturated rings. The number of benzene rings is 1. The first kappa shape index (κ1) is 15.5. The van der Waals surface area contributed by atoms with Crippen molar-refractivity contribution in [2.24, 2.45) is 5.73 Å². The van der Waals surface area contributed by atoms with Gasteiger partial charge in [0.25, 0.3) is 0 Å². The summed E-state index contributed by atoms with van der Waals surface area (Å²) in [6.45, 7) is 8.49. The zero-order chi connectivity index (χ0) is 13.5. The molecule has 1 atom stereocenters. The zero-order valence-corrected chi connectivity index (χ0v) is 12.8. The van der Waals surface area contributed by atoms with E-state index >= 15 is 0 Å². The van der Waals surface area contributed by atoms with Crippen molar-refractivity contribution in [1.82, 2.24) is 4.90 Å². The van der Waals surface area contributed by atoms with E-state index in [0.29, 0.717) is 18.6 Å². The number of thioether (sulfide) groups is 1. The first-order valence-corrected chi connectivity index (χ1v) is 7.96. The third kappa shape index (κ3) is 4.01. The summed E-state index contributed by atoms with van der Waals surface area (Å²) in [7, 11) is 0. The molecule has 0 aliphatic heterocycles. The SMILES string of the molecule is CCCN(C(C)C)C(CN)c1ccc(SC)cc1. The van der Waals surface area contributed by atoms with Crippen LogP contribution in [0.3, 0.4) is 0 Å². The number of rotatable bonds is 7. The lowest BCUT2D eigenvalue weighted by Gasteiger charge is -2.34. The Labute approximate surface area is 116 Å². The van der Waals surface area contributed by atoms with Crippen molar-refractivity contribution in [2.45, 2.75) is 44.2 Å². The molecule has 1 rings (SSSR count). The zero-order valence-electron chi connectivity index (χ0n) is 12.0. The van der Waals surface area contributed by atoms with Gasteiger partial charge < -0.3 is 5.73 Å². The molecule has 0 heterocycles. The van der Waals surface area contributed by atoms with E-state index in [2.05, 4.69) is 56.2 Å². The fourth-order valence-corrected chi connectivity index (χ4v) is 2.73. The van der Waals surface area contributed by atoms with Gasteiger partial charge >= 0.3 is 0 Å². The number of nitrogens with zero attached hydrogens (tertiary/aromatic N) is 1. The molecule has 0 spiro atoms. The molecule has 0 radical (unpaired) electrons. The van der Waals surface area contributed by atoms with Crippen LogP contribution in [-0.2, 0) is 0 Å². The van der Waals surface area contributed by atoms with Crippen molar-refractivity contribution in [3.8, 4) is 0 Å². The standard InChI is InChI=1S/C15H26N2S/c1-5-10-17(12(2)3)15(11-16)13-6-8-14(18-4)9-7-13/h6-9,12,15H,5,10-11,16H2,1-4H3. The van der Waals surface area contributed by atoms with E-state index in [-0.39, 0.29) is 0 Å². The Morgan fingerprint density at radius 2 is 1.83 bits per heavy atom. The van der Waals surface area contributed by atoms with Gasteiger partial charge in [-0.05, 0) is 50.8 Å². The highest BCUT2D eigenvalue weighted by molar-refractivity contribution is 7.98. The second-order valence-electron chi connectivity index (χ2n) is 4.86. The normalized spacial score (nSPS) is 13.3. The summed E-state index contributed by atoms with van der Waals surface area (Å²) in [5.41, 5.74) is 7.33. The Morgan fingerprint density at radius 1 is 1.22 bits per heavy atom. The minimum atomic E-state index is 0.334. The molecule has 102 valence electrons. The van der Waals surface area contributed by atoms with Crippen LogP contribution in [0.2, 0.25) is 0 Å². The maximum absolute atomic E-state index is 6.00. The summed E-state index contributed by atoms with van der Waals surface area (Å²) < 4.78 is 0. The first-order chi connectivity index (χ1) is 8.63. The molecule has 0 aromatic heterocycles. The van der Waals surface area contributed by atoms with E-state index in [9.17, 15) is 0 Å². The molecule has 0 saturated heterocycles. The van der Waals surface area contributed by atoms with Gasteiger partial charge in [0.05, 0.1) is 0 Å². The van der Waals surface area contributed by atoms with E-state index in [1.807, 2.05) is 0 Å². The van der Waals surface area contributed by atoms with Gasteiger partial charge in [0.2, 0.25) is 0 Å². The number of hydrogen-bond donors (Lipinski definition) is 1. The van der Waals surface area contributed by atoms with Crippen molar-refractivity contribution >= 4 is 11.8 Å². The Hall–Kier alpha value is -0.510. The van der Waals surface area contributed by atoms with Crippen LogP contribution in [-0.4, -0.2) is 30.3 Å². The predicted octanol–water partition coefficient (Wildman–Crippen LogP) is 3.53. The largest absolute Gasteiger partial charge is 0.329 e. The number of nitrogens with two attached hydrogens (primary N) is 1. The third-order valence-corrected chi connectivity index (χ3v) is 4.01. The molecule has 0 amide bonds. The topological polar surface area (TPSA) is 29.3 Å². The lowest BCUT2D eigenvalue weighted by Crippen LogP contribution is -2.39. The van der Waals surface area contributed by atoms with Crippen LogP contribution in [0.4, 0.5) is 0 Å². The van der Waals surface area contributed by atoms with Crippen LogP contribution in [0.5, 0.6) is 0 Å². The monoisotopic (exact) mass is 266 g/mol. The van der Waals surface area contributed by atoms with Gasteiger partial charge in [0.15, 0.2) is 0 Å². The summed E-state index contributed by atoms with van der Waals surface area (Å²) in [6, 6.07) is 9.67. The van der Waals surface area contributed by atoms with Gasteiger partial charge in [-0.15, -0.1) is 11.8 Å². The quantitative estimate of drug-likeness (QED) is 0.766. The summed E-state index contributed by atoms with van der Waals surface area (Å²) in [6.07, 6.45) is 3.27.